The van der Waals surface area contributed by atoms with E-state index in [1.54, 1.807) is 36.4 Å². The van der Waals surface area contributed by atoms with Gasteiger partial charge in [-0.1, -0.05) is 38.1 Å². The summed E-state index contributed by atoms with van der Waals surface area (Å²) >= 11 is 0. The first-order valence-electron chi connectivity index (χ1n) is 12.6. The van der Waals surface area contributed by atoms with Gasteiger partial charge in [0.2, 0.25) is 0 Å². The Morgan fingerprint density at radius 2 is 1.67 bits per heavy atom. The predicted octanol–water partition coefficient (Wildman–Crippen LogP) is 4.50. The van der Waals surface area contributed by atoms with Gasteiger partial charge in [-0.05, 0) is 66.7 Å². The molecule has 0 fully saturated rings. The molecule has 0 aromatic heterocycles. The van der Waals surface area contributed by atoms with E-state index in [2.05, 4.69) is 10.6 Å². The van der Waals surface area contributed by atoms with Crippen LogP contribution in [0.3, 0.4) is 0 Å². The van der Waals surface area contributed by atoms with Gasteiger partial charge in [-0.2, -0.15) is 0 Å². The van der Waals surface area contributed by atoms with E-state index in [1.807, 2.05) is 18.7 Å². The fourth-order valence-electron chi connectivity index (χ4n) is 4.43. The summed E-state index contributed by atoms with van der Waals surface area (Å²) < 4.78 is 39.6. The van der Waals surface area contributed by atoms with Crippen molar-refractivity contribution in [1.82, 2.24) is 4.90 Å². The maximum absolute atomic E-state index is 13.8. The molecule has 1 heterocycles. The molecule has 0 bridgehead atoms. The van der Waals surface area contributed by atoms with Crippen LogP contribution in [0, 0.1) is 5.82 Å². The normalized spacial score (nSPS) is 14.2. The lowest BCUT2D eigenvalue weighted by Crippen LogP contribution is -2.29. The summed E-state index contributed by atoms with van der Waals surface area (Å²) in [5, 5.41) is 15.0. The van der Waals surface area contributed by atoms with Crippen molar-refractivity contribution in [2.45, 2.75) is 25.2 Å². The first kappa shape index (κ1) is 28.0. The van der Waals surface area contributed by atoms with Crippen LogP contribution in [0.25, 0.3) is 11.3 Å². The van der Waals surface area contributed by atoms with Crippen LogP contribution in [0.5, 0.6) is 0 Å². The Hall–Kier alpha value is -4.02. The van der Waals surface area contributed by atoms with Crippen LogP contribution >= 0.6 is 0 Å². The van der Waals surface area contributed by atoms with E-state index in [0.29, 0.717) is 40.3 Å². The van der Waals surface area contributed by atoms with Crippen LogP contribution in [0.1, 0.15) is 30.5 Å². The lowest BCUT2D eigenvalue weighted by atomic mass is 9.98. The molecule has 1 amide bonds. The molecule has 0 radical (unpaired) electrons. The molecule has 0 spiro atoms. The van der Waals surface area contributed by atoms with E-state index in [1.165, 1.54) is 30.3 Å². The zero-order valence-corrected chi connectivity index (χ0v) is 22.5. The summed E-state index contributed by atoms with van der Waals surface area (Å²) in [5.41, 5.74) is 3.28. The Bertz CT molecular complexity index is 1510. The molecule has 0 aliphatic carbocycles. The van der Waals surface area contributed by atoms with Crippen molar-refractivity contribution < 1.29 is 27.5 Å². The SMILES string of the molecule is CCN(CC)CCS(=O)(=O)c1ccc(N/C(=C2\C(=O)Nc3cc(F)ccc32)c2ccc(CC(=O)O)cc2)cc1. The van der Waals surface area contributed by atoms with E-state index in [-0.39, 0.29) is 22.6 Å². The van der Waals surface area contributed by atoms with Crippen molar-refractivity contribution in [2.75, 3.05) is 36.0 Å². The van der Waals surface area contributed by atoms with Crippen LogP contribution in [0.2, 0.25) is 0 Å². The Labute approximate surface area is 227 Å². The summed E-state index contributed by atoms with van der Waals surface area (Å²) in [4.78, 5) is 26.4. The van der Waals surface area contributed by atoms with Gasteiger partial charge in [0.1, 0.15) is 5.82 Å². The molecule has 3 aromatic rings. The average Bonchev–Trinajstić information content (AvgIpc) is 3.22. The number of amides is 1. The number of halogens is 1. The number of carboxylic acids is 1. The summed E-state index contributed by atoms with van der Waals surface area (Å²) in [6.07, 6.45) is -0.146. The van der Waals surface area contributed by atoms with Crippen LogP contribution in [-0.4, -0.2) is 55.7 Å². The first-order valence-corrected chi connectivity index (χ1v) is 14.3. The smallest absolute Gasteiger partial charge is 0.307 e. The van der Waals surface area contributed by atoms with Gasteiger partial charge in [0.15, 0.2) is 9.84 Å². The lowest BCUT2D eigenvalue weighted by molar-refractivity contribution is -0.136. The van der Waals surface area contributed by atoms with Gasteiger partial charge in [0, 0.05) is 17.8 Å². The maximum atomic E-state index is 13.8. The molecule has 0 unspecified atom stereocenters. The van der Waals surface area contributed by atoms with Crippen LogP contribution < -0.4 is 10.6 Å². The van der Waals surface area contributed by atoms with Crippen molar-refractivity contribution in [3.05, 3.63) is 89.2 Å². The number of hydrogen-bond acceptors (Lipinski definition) is 6. The quantitative estimate of drug-likeness (QED) is 0.301. The molecule has 0 saturated carbocycles. The number of anilines is 2. The highest BCUT2D eigenvalue weighted by Crippen LogP contribution is 2.38. The fourth-order valence-corrected chi connectivity index (χ4v) is 5.72. The van der Waals surface area contributed by atoms with Crippen LogP contribution in [0.4, 0.5) is 15.8 Å². The summed E-state index contributed by atoms with van der Waals surface area (Å²) in [6.45, 7) is 5.96. The number of sulfone groups is 1. The number of aliphatic carboxylic acids is 1. The van der Waals surface area contributed by atoms with Crippen molar-refractivity contribution >= 4 is 44.4 Å². The molecule has 0 atom stereocenters. The van der Waals surface area contributed by atoms with E-state index in [4.69, 9.17) is 5.11 Å². The molecule has 0 saturated heterocycles. The summed E-state index contributed by atoms with van der Waals surface area (Å²) in [6, 6.07) is 17.1. The third-order valence-corrected chi connectivity index (χ3v) is 8.34. The minimum atomic E-state index is -3.49. The Kier molecular flexibility index (Phi) is 8.47. The highest BCUT2D eigenvalue weighted by molar-refractivity contribution is 7.91. The minimum absolute atomic E-state index is 0.00691. The number of benzene rings is 3. The maximum Gasteiger partial charge on any atom is 0.307 e. The van der Waals surface area contributed by atoms with E-state index >= 15 is 0 Å². The van der Waals surface area contributed by atoms with Crippen LogP contribution in [0.15, 0.2) is 71.6 Å². The van der Waals surface area contributed by atoms with Gasteiger partial charge in [-0.25, -0.2) is 12.8 Å². The third-order valence-electron chi connectivity index (χ3n) is 6.63. The second kappa shape index (κ2) is 11.8. The molecular formula is C29H30FN3O5S. The highest BCUT2D eigenvalue weighted by atomic mass is 32.2. The number of rotatable bonds is 11. The third kappa shape index (κ3) is 6.52. The fraction of sp³-hybridized carbons (Fsp3) is 0.241. The van der Waals surface area contributed by atoms with E-state index in [0.717, 1.165) is 13.1 Å². The van der Waals surface area contributed by atoms with Crippen molar-refractivity contribution in [2.24, 2.45) is 0 Å². The van der Waals surface area contributed by atoms with E-state index in [9.17, 15) is 22.4 Å². The predicted molar refractivity (Wildman–Crippen MR) is 150 cm³/mol. The Balaban J connectivity index is 1.69. The average molecular weight is 552 g/mol. The Morgan fingerprint density at radius 3 is 2.28 bits per heavy atom. The molecule has 10 heteroatoms. The zero-order valence-electron chi connectivity index (χ0n) is 21.7. The molecule has 3 aromatic carbocycles. The van der Waals surface area contributed by atoms with Gasteiger partial charge < -0.3 is 20.6 Å². The topological polar surface area (TPSA) is 116 Å². The zero-order chi connectivity index (χ0) is 28.2. The first-order chi connectivity index (χ1) is 18.6. The standard InChI is InChI=1S/C29H30FN3O5S/c1-3-33(4-2)15-16-39(37,38)23-12-10-22(11-13-23)31-28(20-7-5-19(6-8-20)17-26(34)35)27-24-14-9-21(30)18-25(24)32-29(27)36/h5-14,18,31H,3-4,15-17H2,1-2H3,(H,32,36)(H,34,35)/b28-27-. The molecule has 8 nitrogen and oxygen atoms in total. The second-order valence-electron chi connectivity index (χ2n) is 9.16. The summed E-state index contributed by atoms with van der Waals surface area (Å²) in [5.74, 6) is -1.87. The van der Waals surface area contributed by atoms with Gasteiger partial charge in [0.05, 0.1) is 34.0 Å². The highest BCUT2D eigenvalue weighted by Gasteiger charge is 2.29. The minimum Gasteiger partial charge on any atom is -0.481 e. The number of carbonyl (C=O) groups excluding carboxylic acids is 1. The lowest BCUT2D eigenvalue weighted by Gasteiger charge is -2.18. The van der Waals surface area contributed by atoms with E-state index < -0.39 is 27.5 Å². The van der Waals surface area contributed by atoms with Gasteiger partial charge >= 0.3 is 5.97 Å². The number of carbonyl (C=O) groups is 2. The molecule has 1 aliphatic rings. The number of nitrogens with one attached hydrogen (secondary N) is 2. The van der Waals surface area contributed by atoms with Crippen molar-refractivity contribution in [3.8, 4) is 0 Å². The van der Waals surface area contributed by atoms with Gasteiger partial charge in [0.25, 0.3) is 5.91 Å². The summed E-state index contributed by atoms with van der Waals surface area (Å²) in [7, 11) is -3.49. The Morgan fingerprint density at radius 1 is 1.00 bits per heavy atom. The number of carboxylic acid groups (broad SMARTS) is 1. The monoisotopic (exact) mass is 551 g/mol. The molecule has 4 rings (SSSR count). The number of nitrogens with zero attached hydrogens (tertiary/aromatic N) is 1. The molecular weight excluding hydrogens is 521 g/mol. The number of hydrogen-bond donors (Lipinski definition) is 3. The molecule has 3 N–H and O–H groups in total. The molecule has 204 valence electrons. The van der Waals surface area contributed by atoms with Gasteiger partial charge in [-0.3, -0.25) is 9.59 Å². The van der Waals surface area contributed by atoms with Crippen LogP contribution in [-0.2, 0) is 25.8 Å². The number of fused-ring (bicyclic) bond motifs is 1. The van der Waals surface area contributed by atoms with Crippen molar-refractivity contribution in [1.29, 1.82) is 0 Å². The molecule has 1 aliphatic heterocycles. The van der Waals surface area contributed by atoms with Crippen molar-refractivity contribution in [3.63, 3.8) is 0 Å². The van der Waals surface area contributed by atoms with Gasteiger partial charge in [-0.15, -0.1) is 0 Å². The largest absolute Gasteiger partial charge is 0.481 e. The molecule has 39 heavy (non-hydrogen) atoms. The second-order valence-corrected chi connectivity index (χ2v) is 11.3.